The zero-order chi connectivity index (χ0) is 15.6. The van der Waals surface area contributed by atoms with Crippen LogP contribution >= 0.6 is 0 Å². The van der Waals surface area contributed by atoms with E-state index >= 15 is 0 Å². The number of hydrogen-bond acceptors (Lipinski definition) is 3. The van der Waals surface area contributed by atoms with Crippen molar-refractivity contribution in [2.45, 2.75) is 24.9 Å². The molecule has 0 N–H and O–H groups in total. The molecule has 0 bridgehead atoms. The van der Waals surface area contributed by atoms with Crippen molar-refractivity contribution in [3.63, 3.8) is 0 Å². The summed E-state index contributed by atoms with van der Waals surface area (Å²) in [4.78, 5) is 22.5. The van der Waals surface area contributed by atoms with E-state index in [0.29, 0.717) is 0 Å². The molecule has 1 aliphatic heterocycles. The van der Waals surface area contributed by atoms with Crippen LogP contribution in [-0.2, 0) is 4.79 Å². The van der Waals surface area contributed by atoms with Crippen molar-refractivity contribution in [2.75, 3.05) is 0 Å². The van der Waals surface area contributed by atoms with E-state index in [2.05, 4.69) is 17.1 Å². The van der Waals surface area contributed by atoms with Crippen LogP contribution in [0.1, 0.15) is 36.2 Å². The molecule has 2 aromatic heterocycles. The predicted octanol–water partition coefficient (Wildman–Crippen LogP) is 3.66. The first-order valence-electron chi connectivity index (χ1n) is 7.85. The first-order chi connectivity index (χ1) is 11.4. The molecule has 4 heteroatoms. The maximum atomic E-state index is 11.7. The summed E-state index contributed by atoms with van der Waals surface area (Å²) in [6, 6.07) is 16.3. The maximum Gasteiger partial charge on any atom is 0.210 e. The van der Waals surface area contributed by atoms with Gasteiger partial charge in [0.1, 0.15) is 0 Å². The molecule has 1 amide bonds. The molecule has 1 aliphatic rings. The summed E-state index contributed by atoms with van der Waals surface area (Å²) in [6.07, 6.45) is 6.42. The molecule has 1 fully saturated rings. The molecule has 4 nitrogen and oxygen atoms in total. The van der Waals surface area contributed by atoms with Crippen LogP contribution in [0.25, 0.3) is 10.9 Å². The fourth-order valence-corrected chi connectivity index (χ4v) is 3.46. The summed E-state index contributed by atoms with van der Waals surface area (Å²) in [5, 5.41) is 1.02. The molecule has 0 aliphatic carbocycles. The molecule has 3 aromatic rings. The van der Waals surface area contributed by atoms with Gasteiger partial charge in [-0.1, -0.05) is 30.3 Å². The van der Waals surface area contributed by atoms with Crippen molar-refractivity contribution in [1.29, 1.82) is 0 Å². The SMILES string of the molecule is O=CN1C(c2ccccc2)CCC1c1ccc2cnccc2n1. The van der Waals surface area contributed by atoms with Crippen molar-refractivity contribution >= 4 is 17.3 Å². The normalized spacial score (nSPS) is 20.8. The lowest BCUT2D eigenvalue weighted by Gasteiger charge is -2.26. The molecule has 0 saturated carbocycles. The smallest absolute Gasteiger partial charge is 0.210 e. The van der Waals surface area contributed by atoms with Crippen molar-refractivity contribution in [1.82, 2.24) is 14.9 Å². The van der Waals surface area contributed by atoms with E-state index in [1.807, 2.05) is 47.5 Å². The Hall–Kier alpha value is -2.75. The number of rotatable bonds is 3. The Morgan fingerprint density at radius 2 is 1.83 bits per heavy atom. The van der Waals surface area contributed by atoms with Gasteiger partial charge in [-0.05, 0) is 36.6 Å². The van der Waals surface area contributed by atoms with Crippen LogP contribution in [0.5, 0.6) is 0 Å². The second-order valence-corrected chi connectivity index (χ2v) is 5.88. The number of aromatic nitrogens is 2. The van der Waals surface area contributed by atoms with E-state index in [-0.39, 0.29) is 12.1 Å². The van der Waals surface area contributed by atoms with Gasteiger partial charge in [0.2, 0.25) is 6.41 Å². The zero-order valence-corrected chi connectivity index (χ0v) is 12.7. The van der Waals surface area contributed by atoms with E-state index < -0.39 is 0 Å². The summed E-state index contributed by atoms with van der Waals surface area (Å²) in [5.41, 5.74) is 3.06. The molecule has 23 heavy (non-hydrogen) atoms. The lowest BCUT2D eigenvalue weighted by molar-refractivity contribution is -0.121. The van der Waals surface area contributed by atoms with Gasteiger partial charge in [0.15, 0.2) is 0 Å². The van der Waals surface area contributed by atoms with Crippen LogP contribution in [0.3, 0.4) is 0 Å². The maximum absolute atomic E-state index is 11.7. The Morgan fingerprint density at radius 1 is 1.00 bits per heavy atom. The highest BCUT2D eigenvalue weighted by atomic mass is 16.1. The van der Waals surface area contributed by atoms with Gasteiger partial charge in [-0.2, -0.15) is 0 Å². The van der Waals surface area contributed by atoms with Crippen molar-refractivity contribution in [2.24, 2.45) is 0 Å². The van der Waals surface area contributed by atoms with Crippen molar-refractivity contribution in [3.05, 3.63) is 72.2 Å². The largest absolute Gasteiger partial charge is 0.330 e. The fourth-order valence-electron chi connectivity index (χ4n) is 3.46. The van der Waals surface area contributed by atoms with E-state index in [0.717, 1.165) is 35.8 Å². The minimum Gasteiger partial charge on any atom is -0.330 e. The topological polar surface area (TPSA) is 46.1 Å². The number of amides is 1. The zero-order valence-electron chi connectivity index (χ0n) is 12.7. The van der Waals surface area contributed by atoms with E-state index in [1.165, 1.54) is 5.56 Å². The molecular weight excluding hydrogens is 286 g/mol. The van der Waals surface area contributed by atoms with Crippen molar-refractivity contribution in [3.8, 4) is 0 Å². The Balaban J connectivity index is 1.69. The Labute approximate surface area is 134 Å². The summed E-state index contributed by atoms with van der Waals surface area (Å²) in [5.74, 6) is 0. The Kier molecular flexibility index (Phi) is 3.50. The minimum absolute atomic E-state index is 0.0373. The van der Waals surface area contributed by atoms with Crippen molar-refractivity contribution < 1.29 is 4.79 Å². The fraction of sp³-hybridized carbons (Fsp3) is 0.211. The number of hydrogen-bond donors (Lipinski definition) is 0. The molecule has 114 valence electrons. The molecule has 4 rings (SSSR count). The number of carbonyl (C=O) groups is 1. The number of benzene rings is 1. The Bertz CT molecular complexity index is 834. The Morgan fingerprint density at radius 3 is 2.65 bits per heavy atom. The van der Waals surface area contributed by atoms with E-state index in [9.17, 15) is 4.79 Å². The summed E-state index contributed by atoms with van der Waals surface area (Å²) in [6.45, 7) is 0. The number of fused-ring (bicyclic) bond motifs is 1. The van der Waals surface area contributed by atoms with Gasteiger partial charge in [-0.25, -0.2) is 0 Å². The lowest BCUT2D eigenvalue weighted by Crippen LogP contribution is -2.25. The van der Waals surface area contributed by atoms with Gasteiger partial charge < -0.3 is 4.90 Å². The molecule has 2 unspecified atom stereocenters. The standard InChI is InChI=1S/C19H17N3O/c23-13-22-18(14-4-2-1-3-5-14)8-9-19(22)17-7-6-15-12-20-11-10-16(15)21-17/h1-7,10-13,18-19H,8-9H2. The minimum atomic E-state index is 0.0373. The summed E-state index contributed by atoms with van der Waals surface area (Å²) >= 11 is 0. The molecule has 3 heterocycles. The molecule has 2 atom stereocenters. The van der Waals surface area contributed by atoms with Gasteiger partial charge in [-0.15, -0.1) is 0 Å². The molecule has 1 saturated heterocycles. The van der Waals surface area contributed by atoms with Gasteiger partial charge in [0.05, 0.1) is 23.3 Å². The molecular formula is C19H17N3O. The second-order valence-electron chi connectivity index (χ2n) is 5.88. The number of pyridine rings is 2. The van der Waals surface area contributed by atoms with Gasteiger partial charge in [0.25, 0.3) is 0 Å². The first kappa shape index (κ1) is 13.9. The third kappa shape index (κ3) is 2.46. The van der Waals surface area contributed by atoms with E-state index in [1.54, 1.807) is 6.20 Å². The third-order valence-corrected chi connectivity index (χ3v) is 4.59. The summed E-state index contributed by atoms with van der Waals surface area (Å²) in [7, 11) is 0. The van der Waals surface area contributed by atoms with Crippen LogP contribution in [0, 0.1) is 0 Å². The molecule has 0 spiro atoms. The van der Waals surface area contributed by atoms with Crippen LogP contribution in [0.4, 0.5) is 0 Å². The average Bonchev–Trinajstić information content (AvgIpc) is 3.06. The number of likely N-dealkylation sites (tertiary alicyclic amines) is 1. The average molecular weight is 303 g/mol. The van der Waals surface area contributed by atoms with Gasteiger partial charge >= 0.3 is 0 Å². The first-order valence-corrected chi connectivity index (χ1v) is 7.85. The highest BCUT2D eigenvalue weighted by molar-refractivity contribution is 5.77. The van der Waals surface area contributed by atoms with Crippen LogP contribution in [0.2, 0.25) is 0 Å². The van der Waals surface area contributed by atoms with E-state index in [4.69, 9.17) is 4.98 Å². The number of carbonyl (C=O) groups excluding carboxylic acids is 1. The summed E-state index contributed by atoms with van der Waals surface area (Å²) < 4.78 is 0. The van der Waals surface area contributed by atoms with Crippen LogP contribution in [-0.4, -0.2) is 21.3 Å². The highest BCUT2D eigenvalue weighted by Crippen LogP contribution is 2.42. The lowest BCUT2D eigenvalue weighted by atomic mass is 10.0. The predicted molar refractivity (Wildman–Crippen MR) is 88.6 cm³/mol. The molecule has 0 radical (unpaired) electrons. The quantitative estimate of drug-likeness (QED) is 0.694. The van der Waals surface area contributed by atoms with Gasteiger partial charge in [-0.3, -0.25) is 14.8 Å². The number of nitrogens with zero attached hydrogens (tertiary/aromatic N) is 3. The van der Waals surface area contributed by atoms with Gasteiger partial charge in [0, 0.05) is 17.8 Å². The monoisotopic (exact) mass is 303 g/mol. The highest BCUT2D eigenvalue weighted by Gasteiger charge is 2.34. The second kappa shape index (κ2) is 5.80. The third-order valence-electron chi connectivity index (χ3n) is 4.59. The molecule has 1 aromatic carbocycles. The van der Waals surface area contributed by atoms with Crippen LogP contribution < -0.4 is 0 Å². The van der Waals surface area contributed by atoms with Crippen LogP contribution in [0.15, 0.2) is 60.9 Å².